The highest BCUT2D eigenvalue weighted by Crippen LogP contribution is 2.36. The molecule has 2 atom stereocenters. The predicted molar refractivity (Wildman–Crippen MR) is 157 cm³/mol. The lowest BCUT2D eigenvalue weighted by Gasteiger charge is -2.29. The molecular formula is C35H40F4O2. The molecule has 1 aliphatic heterocycles. The lowest BCUT2D eigenvalue weighted by atomic mass is 9.88. The molecule has 0 amide bonds. The van der Waals surface area contributed by atoms with Gasteiger partial charge in [0, 0.05) is 17.0 Å². The second-order valence-corrected chi connectivity index (χ2v) is 10.8. The molecule has 220 valence electrons. The Morgan fingerprint density at radius 2 is 1.44 bits per heavy atom. The zero-order chi connectivity index (χ0) is 29.2. The number of hydrogen-bond acceptors (Lipinski definition) is 2. The first-order valence-corrected chi connectivity index (χ1v) is 14.9. The molecular weight excluding hydrogens is 528 g/mol. The van der Waals surface area contributed by atoms with Gasteiger partial charge in [0.2, 0.25) is 5.82 Å². The quantitative estimate of drug-likeness (QED) is 0.116. The van der Waals surface area contributed by atoms with Gasteiger partial charge in [-0.1, -0.05) is 81.2 Å². The van der Waals surface area contributed by atoms with Gasteiger partial charge in [0.25, 0.3) is 0 Å². The largest absolute Gasteiger partial charge is 0.490 e. The maximum Gasteiger partial charge on any atom is 0.201 e. The fraction of sp³-hybridized carbons (Fsp3) is 0.429. The first-order valence-electron chi connectivity index (χ1n) is 14.9. The van der Waals surface area contributed by atoms with Crippen molar-refractivity contribution < 1.29 is 27.0 Å². The maximum atomic E-state index is 15.2. The van der Waals surface area contributed by atoms with Crippen molar-refractivity contribution >= 4 is 0 Å². The zero-order valence-electron chi connectivity index (χ0n) is 24.0. The van der Waals surface area contributed by atoms with E-state index in [1.165, 1.54) is 12.1 Å². The zero-order valence-corrected chi connectivity index (χ0v) is 24.0. The minimum atomic E-state index is -1.03. The molecule has 0 aromatic heterocycles. The molecule has 2 unspecified atom stereocenters. The van der Waals surface area contributed by atoms with Crippen molar-refractivity contribution in [1.29, 1.82) is 0 Å². The van der Waals surface area contributed by atoms with Crippen molar-refractivity contribution in [2.45, 2.75) is 83.7 Å². The molecule has 6 heteroatoms. The van der Waals surface area contributed by atoms with Crippen LogP contribution in [0.4, 0.5) is 17.6 Å². The second kappa shape index (κ2) is 15.2. The van der Waals surface area contributed by atoms with Gasteiger partial charge in [-0.05, 0) is 67.9 Å². The molecule has 0 aliphatic carbocycles. The number of allylic oxidation sites excluding steroid dienone is 2. The summed E-state index contributed by atoms with van der Waals surface area (Å²) in [6.45, 7) is 4.82. The van der Waals surface area contributed by atoms with Gasteiger partial charge in [-0.2, -0.15) is 4.39 Å². The van der Waals surface area contributed by atoms with Gasteiger partial charge in [0.05, 0.1) is 19.3 Å². The number of ether oxygens (including phenoxy) is 2. The van der Waals surface area contributed by atoms with E-state index in [2.05, 4.69) is 13.0 Å². The first kappa shape index (κ1) is 30.8. The maximum absolute atomic E-state index is 15.2. The highest BCUT2D eigenvalue weighted by molar-refractivity contribution is 5.72. The number of benzene rings is 3. The average Bonchev–Trinajstić information content (AvgIpc) is 2.99. The summed E-state index contributed by atoms with van der Waals surface area (Å²) in [5.74, 6) is -4.10. The highest BCUT2D eigenvalue weighted by Gasteiger charge is 2.27. The smallest absolute Gasteiger partial charge is 0.201 e. The monoisotopic (exact) mass is 568 g/mol. The Morgan fingerprint density at radius 1 is 0.780 bits per heavy atom. The topological polar surface area (TPSA) is 18.5 Å². The molecule has 1 fully saturated rings. The van der Waals surface area contributed by atoms with Crippen LogP contribution in [0.1, 0.15) is 83.1 Å². The molecule has 1 saturated heterocycles. The Balaban J connectivity index is 1.41. The van der Waals surface area contributed by atoms with E-state index in [0.717, 1.165) is 57.8 Å². The predicted octanol–water partition coefficient (Wildman–Crippen LogP) is 10.5. The number of rotatable bonds is 13. The summed E-state index contributed by atoms with van der Waals surface area (Å²) in [6.07, 6.45) is 12.9. The van der Waals surface area contributed by atoms with E-state index in [9.17, 15) is 8.78 Å². The molecule has 3 aromatic rings. The minimum absolute atomic E-state index is 0.0765. The fourth-order valence-corrected chi connectivity index (χ4v) is 5.41. The molecule has 0 N–H and O–H groups in total. The van der Waals surface area contributed by atoms with Crippen LogP contribution in [-0.4, -0.2) is 19.3 Å². The molecule has 3 aromatic carbocycles. The van der Waals surface area contributed by atoms with Crippen molar-refractivity contribution in [3.63, 3.8) is 0 Å². The van der Waals surface area contributed by atoms with E-state index < -0.39 is 23.3 Å². The molecule has 41 heavy (non-hydrogen) atoms. The van der Waals surface area contributed by atoms with E-state index in [0.29, 0.717) is 29.9 Å². The lowest BCUT2D eigenvalue weighted by molar-refractivity contribution is -0.000894. The number of hydrogen-bond donors (Lipinski definition) is 0. The van der Waals surface area contributed by atoms with Crippen LogP contribution in [0.2, 0.25) is 0 Å². The van der Waals surface area contributed by atoms with Gasteiger partial charge < -0.3 is 9.47 Å². The summed E-state index contributed by atoms with van der Waals surface area (Å²) < 4.78 is 71.4. The third-order valence-corrected chi connectivity index (χ3v) is 7.87. The third kappa shape index (κ3) is 7.79. The lowest BCUT2D eigenvalue weighted by Crippen LogP contribution is -2.25. The van der Waals surface area contributed by atoms with Crippen LogP contribution in [0.25, 0.3) is 22.3 Å². The second-order valence-electron chi connectivity index (χ2n) is 10.8. The SMILES string of the molecule is CC=CCCC1CCC(c2ccc(-c3ccc(-c4ccc(OCCCCCCC)c(F)c4F)cc3)c(F)c2F)CO1. The van der Waals surface area contributed by atoms with Crippen molar-refractivity contribution in [1.82, 2.24) is 0 Å². The number of halogens is 4. The summed E-state index contributed by atoms with van der Waals surface area (Å²) in [7, 11) is 0. The Bertz CT molecular complexity index is 1290. The molecule has 0 radical (unpaired) electrons. The molecule has 0 saturated carbocycles. The molecule has 0 spiro atoms. The van der Waals surface area contributed by atoms with Crippen LogP contribution >= 0.6 is 0 Å². The van der Waals surface area contributed by atoms with E-state index >= 15 is 8.78 Å². The molecule has 2 nitrogen and oxygen atoms in total. The average molecular weight is 569 g/mol. The Kier molecular flexibility index (Phi) is 11.4. The van der Waals surface area contributed by atoms with Crippen molar-refractivity contribution in [3.8, 4) is 28.0 Å². The van der Waals surface area contributed by atoms with E-state index in [4.69, 9.17) is 9.47 Å². The van der Waals surface area contributed by atoms with E-state index in [-0.39, 0.29) is 28.9 Å². The molecule has 0 bridgehead atoms. The van der Waals surface area contributed by atoms with Gasteiger partial charge in [-0.15, -0.1) is 0 Å². The molecule has 1 aliphatic rings. The van der Waals surface area contributed by atoms with Crippen LogP contribution in [0.15, 0.2) is 60.7 Å². The van der Waals surface area contributed by atoms with Gasteiger partial charge in [0.15, 0.2) is 23.2 Å². The summed E-state index contributed by atoms with van der Waals surface area (Å²) in [5, 5.41) is 0. The summed E-state index contributed by atoms with van der Waals surface area (Å²) in [5.41, 5.74) is 1.40. The van der Waals surface area contributed by atoms with Gasteiger partial charge in [-0.25, -0.2) is 13.2 Å². The van der Waals surface area contributed by atoms with Crippen LogP contribution in [0.3, 0.4) is 0 Å². The van der Waals surface area contributed by atoms with E-state index in [1.54, 1.807) is 36.4 Å². The summed E-state index contributed by atoms with van der Waals surface area (Å²) >= 11 is 0. The first-order chi connectivity index (χ1) is 19.9. The van der Waals surface area contributed by atoms with Crippen LogP contribution in [0.5, 0.6) is 5.75 Å². The van der Waals surface area contributed by atoms with Crippen LogP contribution in [0, 0.1) is 23.3 Å². The van der Waals surface area contributed by atoms with E-state index in [1.807, 2.05) is 13.0 Å². The normalized spacial score (nSPS) is 17.3. The van der Waals surface area contributed by atoms with Crippen molar-refractivity contribution in [3.05, 3.63) is 89.5 Å². The Morgan fingerprint density at radius 3 is 2.07 bits per heavy atom. The fourth-order valence-electron chi connectivity index (χ4n) is 5.41. The van der Waals surface area contributed by atoms with Gasteiger partial charge in [-0.3, -0.25) is 0 Å². The van der Waals surface area contributed by atoms with Crippen molar-refractivity contribution in [2.75, 3.05) is 13.2 Å². The Hall–Kier alpha value is -3.12. The molecule has 1 heterocycles. The van der Waals surface area contributed by atoms with Crippen LogP contribution in [-0.2, 0) is 4.74 Å². The van der Waals surface area contributed by atoms with Gasteiger partial charge >= 0.3 is 0 Å². The molecule has 4 rings (SSSR count). The standard InChI is InChI=1S/C35H40F4O2/c1-3-5-7-8-10-22-40-31-21-20-29(34(38)35(31)39)25-14-12-24(13-15-25)28-18-19-30(33(37)32(28)36)26-16-17-27(41-23-26)11-9-6-4-2/h4,6,12-15,18-21,26-27H,3,5,7-11,16-17,22-23H2,1-2H3. The van der Waals surface area contributed by atoms with Crippen molar-refractivity contribution in [2.24, 2.45) is 0 Å². The third-order valence-electron chi connectivity index (χ3n) is 7.87. The number of unbranched alkanes of at least 4 members (excludes halogenated alkanes) is 4. The minimum Gasteiger partial charge on any atom is -0.490 e. The summed E-state index contributed by atoms with van der Waals surface area (Å²) in [6, 6.07) is 12.5. The van der Waals surface area contributed by atoms with Gasteiger partial charge in [0.1, 0.15) is 0 Å². The summed E-state index contributed by atoms with van der Waals surface area (Å²) in [4.78, 5) is 0. The Labute approximate surface area is 241 Å². The van der Waals surface area contributed by atoms with Crippen LogP contribution < -0.4 is 4.74 Å². The highest BCUT2D eigenvalue weighted by atomic mass is 19.2.